The summed E-state index contributed by atoms with van der Waals surface area (Å²) in [5.74, 6) is 0.155. The third kappa shape index (κ3) is 2.07. The van der Waals surface area contributed by atoms with Crippen LogP contribution in [0, 0.1) is 0 Å². The zero-order chi connectivity index (χ0) is 11.5. The fourth-order valence-corrected chi connectivity index (χ4v) is 2.22. The lowest BCUT2D eigenvalue weighted by Crippen LogP contribution is -2.28. The highest BCUT2D eigenvalue weighted by Crippen LogP contribution is 2.24. The van der Waals surface area contributed by atoms with Crippen molar-refractivity contribution in [2.45, 2.75) is 19.4 Å². The van der Waals surface area contributed by atoms with Crippen LogP contribution in [-0.4, -0.2) is 24.0 Å². The van der Waals surface area contributed by atoms with Crippen LogP contribution < -0.4 is 4.74 Å². The summed E-state index contributed by atoms with van der Waals surface area (Å²) < 4.78 is 5.10. The first kappa shape index (κ1) is 11.1. The highest BCUT2D eigenvalue weighted by molar-refractivity contribution is 7.08. The Morgan fingerprint density at radius 2 is 2.00 bits per heavy atom. The van der Waals surface area contributed by atoms with Gasteiger partial charge in [-0.1, -0.05) is 0 Å². The number of carbonyl (C=O) groups is 2. The van der Waals surface area contributed by atoms with Crippen LogP contribution in [0.5, 0.6) is 5.75 Å². The van der Waals surface area contributed by atoms with Gasteiger partial charge < -0.3 is 4.74 Å². The molecule has 1 aromatic heterocycles. The molecule has 2 rings (SSSR count). The van der Waals surface area contributed by atoms with E-state index in [0.29, 0.717) is 5.75 Å². The summed E-state index contributed by atoms with van der Waals surface area (Å²) in [7, 11) is 1.57. The molecule has 0 N–H and O–H groups in total. The lowest BCUT2D eigenvalue weighted by atomic mass is 10.3. The fourth-order valence-electron chi connectivity index (χ4n) is 1.43. The first-order chi connectivity index (χ1) is 7.72. The van der Waals surface area contributed by atoms with Gasteiger partial charge in [0.2, 0.25) is 0 Å². The number of thiophene rings is 1. The second-order valence-corrected chi connectivity index (χ2v) is 4.06. The number of hydrogen-bond donors (Lipinski definition) is 0. The number of imide groups is 1. The van der Waals surface area contributed by atoms with E-state index in [-0.39, 0.29) is 31.3 Å². The van der Waals surface area contributed by atoms with Crippen molar-refractivity contribution in [3.05, 3.63) is 16.3 Å². The molecular weight excluding hydrogens is 230 g/mol. The molecule has 5 nitrogen and oxygen atoms in total. The van der Waals surface area contributed by atoms with Crippen molar-refractivity contribution in [1.82, 2.24) is 5.06 Å². The standard InChI is InChI=1S/C10H11NO4S/c1-14-8-6-16-5-7(8)4-15-11-9(12)2-3-10(11)13/h5-6H,2-4H2,1H3. The Balaban J connectivity index is 1.97. The summed E-state index contributed by atoms with van der Waals surface area (Å²) in [6, 6.07) is 0. The molecule has 2 amide bonds. The Morgan fingerprint density at radius 1 is 1.31 bits per heavy atom. The van der Waals surface area contributed by atoms with Gasteiger partial charge in [-0.15, -0.1) is 11.3 Å². The van der Waals surface area contributed by atoms with E-state index in [0.717, 1.165) is 10.6 Å². The van der Waals surface area contributed by atoms with Crippen LogP contribution in [0.25, 0.3) is 0 Å². The molecule has 1 saturated heterocycles. The molecule has 86 valence electrons. The van der Waals surface area contributed by atoms with Gasteiger partial charge in [0, 0.05) is 29.2 Å². The van der Waals surface area contributed by atoms with Crippen molar-refractivity contribution in [2.75, 3.05) is 7.11 Å². The highest BCUT2D eigenvalue weighted by atomic mass is 32.1. The van der Waals surface area contributed by atoms with Gasteiger partial charge in [0.25, 0.3) is 11.8 Å². The summed E-state index contributed by atoms with van der Waals surface area (Å²) >= 11 is 1.48. The lowest BCUT2D eigenvalue weighted by molar-refractivity contribution is -0.191. The molecule has 16 heavy (non-hydrogen) atoms. The number of amides is 2. The number of rotatable bonds is 4. The van der Waals surface area contributed by atoms with Crippen molar-refractivity contribution in [3.63, 3.8) is 0 Å². The molecule has 0 bridgehead atoms. The largest absolute Gasteiger partial charge is 0.496 e. The van der Waals surface area contributed by atoms with Crippen LogP contribution >= 0.6 is 11.3 Å². The Morgan fingerprint density at radius 3 is 2.62 bits per heavy atom. The summed E-state index contributed by atoms with van der Waals surface area (Å²) in [6.07, 6.45) is 0.471. The molecule has 2 heterocycles. The van der Waals surface area contributed by atoms with Crippen LogP contribution in [0.15, 0.2) is 10.8 Å². The van der Waals surface area contributed by atoms with Gasteiger partial charge in [-0.2, -0.15) is 5.06 Å². The van der Waals surface area contributed by atoms with Gasteiger partial charge in [-0.25, -0.2) is 0 Å². The van der Waals surface area contributed by atoms with Gasteiger partial charge >= 0.3 is 0 Å². The first-order valence-electron chi connectivity index (χ1n) is 4.80. The molecule has 0 spiro atoms. The van der Waals surface area contributed by atoms with Gasteiger partial charge in [0.15, 0.2) is 0 Å². The molecule has 0 aliphatic carbocycles. The van der Waals surface area contributed by atoms with E-state index in [2.05, 4.69) is 0 Å². The molecule has 0 aromatic carbocycles. The number of ether oxygens (including phenoxy) is 1. The Labute approximate surface area is 96.5 Å². The highest BCUT2D eigenvalue weighted by Gasteiger charge is 2.30. The normalized spacial score (nSPS) is 15.9. The minimum absolute atomic E-state index is 0.171. The quantitative estimate of drug-likeness (QED) is 0.746. The van der Waals surface area contributed by atoms with E-state index in [1.807, 2.05) is 10.8 Å². The molecule has 6 heteroatoms. The number of hydrogen-bond acceptors (Lipinski definition) is 5. The molecule has 0 radical (unpaired) electrons. The zero-order valence-electron chi connectivity index (χ0n) is 8.76. The summed E-state index contributed by atoms with van der Waals surface area (Å²) in [4.78, 5) is 27.7. The summed E-state index contributed by atoms with van der Waals surface area (Å²) in [5.41, 5.74) is 0.833. The minimum Gasteiger partial charge on any atom is -0.496 e. The molecule has 1 aromatic rings. The van der Waals surface area contributed by atoms with E-state index in [1.165, 1.54) is 11.3 Å². The van der Waals surface area contributed by atoms with Crippen LogP contribution in [-0.2, 0) is 21.0 Å². The van der Waals surface area contributed by atoms with Crippen molar-refractivity contribution >= 4 is 23.2 Å². The van der Waals surface area contributed by atoms with Gasteiger partial charge in [-0.05, 0) is 0 Å². The van der Waals surface area contributed by atoms with E-state index < -0.39 is 0 Å². The van der Waals surface area contributed by atoms with Gasteiger partial charge in [0.1, 0.15) is 12.4 Å². The number of methoxy groups -OCH3 is 1. The number of hydroxylamine groups is 2. The van der Waals surface area contributed by atoms with Crippen LogP contribution in [0.4, 0.5) is 0 Å². The molecule has 0 saturated carbocycles. The third-order valence-corrected chi connectivity index (χ3v) is 3.05. The van der Waals surface area contributed by atoms with Crippen molar-refractivity contribution in [3.8, 4) is 5.75 Å². The van der Waals surface area contributed by atoms with Crippen molar-refractivity contribution in [1.29, 1.82) is 0 Å². The molecule has 0 atom stereocenters. The average Bonchev–Trinajstić information content (AvgIpc) is 2.84. The van der Waals surface area contributed by atoms with Gasteiger partial charge in [0.05, 0.1) is 7.11 Å². The Hall–Kier alpha value is -1.40. The van der Waals surface area contributed by atoms with Crippen LogP contribution in [0.3, 0.4) is 0 Å². The second kappa shape index (κ2) is 4.63. The third-order valence-electron chi connectivity index (χ3n) is 2.28. The molecule has 0 unspecified atom stereocenters. The topological polar surface area (TPSA) is 55.8 Å². The molecule has 1 aliphatic rings. The maximum absolute atomic E-state index is 11.3. The number of nitrogens with zero attached hydrogens (tertiary/aromatic N) is 1. The Kier molecular flexibility index (Phi) is 3.21. The van der Waals surface area contributed by atoms with E-state index >= 15 is 0 Å². The minimum atomic E-state index is -0.279. The summed E-state index contributed by atoms with van der Waals surface area (Å²) in [6.45, 7) is 0.171. The predicted octanol–water partition coefficient (Wildman–Crippen LogP) is 1.34. The number of carbonyl (C=O) groups excluding carboxylic acids is 2. The maximum atomic E-state index is 11.3. The average molecular weight is 241 g/mol. The van der Waals surface area contributed by atoms with Crippen molar-refractivity contribution < 1.29 is 19.2 Å². The summed E-state index contributed by atoms with van der Waals surface area (Å²) in [5, 5.41) is 4.55. The van der Waals surface area contributed by atoms with E-state index in [4.69, 9.17) is 9.57 Å². The smallest absolute Gasteiger partial charge is 0.254 e. The monoisotopic (exact) mass is 241 g/mol. The predicted molar refractivity (Wildman–Crippen MR) is 56.7 cm³/mol. The molecule has 1 fully saturated rings. The fraction of sp³-hybridized carbons (Fsp3) is 0.400. The van der Waals surface area contributed by atoms with Crippen LogP contribution in [0.2, 0.25) is 0 Å². The zero-order valence-corrected chi connectivity index (χ0v) is 9.58. The van der Waals surface area contributed by atoms with E-state index in [1.54, 1.807) is 7.11 Å². The van der Waals surface area contributed by atoms with E-state index in [9.17, 15) is 9.59 Å². The Bertz CT molecular complexity index is 399. The SMILES string of the molecule is COc1cscc1CON1C(=O)CCC1=O. The van der Waals surface area contributed by atoms with Crippen LogP contribution in [0.1, 0.15) is 18.4 Å². The molecular formula is C10H11NO4S. The lowest BCUT2D eigenvalue weighted by Gasteiger charge is -2.13. The first-order valence-corrected chi connectivity index (χ1v) is 5.74. The van der Waals surface area contributed by atoms with Gasteiger partial charge in [-0.3, -0.25) is 14.4 Å². The van der Waals surface area contributed by atoms with Crippen molar-refractivity contribution in [2.24, 2.45) is 0 Å². The second-order valence-electron chi connectivity index (χ2n) is 3.32. The maximum Gasteiger partial charge on any atom is 0.254 e. The molecule has 1 aliphatic heterocycles.